The lowest BCUT2D eigenvalue weighted by atomic mass is 9.47. The van der Waals surface area contributed by atoms with Gasteiger partial charge in [0, 0.05) is 96.4 Å². The number of esters is 2. The molecule has 0 radical (unpaired) electrons. The normalized spacial score (nSPS) is 38.4. The van der Waals surface area contributed by atoms with Gasteiger partial charge in [-0.1, -0.05) is 44.2 Å². The van der Waals surface area contributed by atoms with E-state index >= 15 is 0 Å². The molecule has 11 nitrogen and oxygen atoms in total. The standard InChI is InChI=1S/C45H58N4O7/c1-8-42(52)24-28-23-41(4,36-30(15-19-48(25-28)26-42)29-13-10-11-14-33(29)46-36)32-21-31-34(22-35(32)54-6)47(5)38-44(31)17-20-49-18-12-16-43(9-2,37(44)49)39(56-27(3)50)45(38,53)40(51)55-7/h10-14,16,21-22,28,37-39,46,52-53H,8-9,15,17-20,23-26H2,1-7H3/t28?,37-,38+,39+,41+,42?,43+,44+,45-/m0/s1. The third-order valence-corrected chi connectivity index (χ3v) is 15.4. The van der Waals surface area contributed by atoms with Crippen molar-refractivity contribution in [1.29, 1.82) is 0 Å². The van der Waals surface area contributed by atoms with E-state index in [9.17, 15) is 19.8 Å². The molecule has 10 atom stereocenters. The van der Waals surface area contributed by atoms with E-state index in [4.69, 9.17) is 14.2 Å². The summed E-state index contributed by atoms with van der Waals surface area (Å²) in [6.07, 6.45) is 7.31. The average molecular weight is 767 g/mol. The number of H-pyrrole nitrogens is 1. The molecule has 11 heteroatoms. The van der Waals surface area contributed by atoms with Crippen LogP contribution in [-0.4, -0.2) is 120 Å². The number of ether oxygens (including phenoxy) is 3. The summed E-state index contributed by atoms with van der Waals surface area (Å²) >= 11 is 0. The average Bonchev–Trinajstić information content (AvgIpc) is 3.85. The van der Waals surface area contributed by atoms with E-state index in [2.05, 4.69) is 84.1 Å². The minimum absolute atomic E-state index is 0.183. The number of carbonyl (C=O) groups excluding carboxylic acids is 2. The smallest absolute Gasteiger partial charge is 0.344 e. The van der Waals surface area contributed by atoms with Gasteiger partial charge < -0.3 is 34.3 Å². The van der Waals surface area contributed by atoms with Crippen molar-refractivity contribution in [3.63, 3.8) is 0 Å². The van der Waals surface area contributed by atoms with Crippen LogP contribution in [0.25, 0.3) is 10.9 Å². The lowest BCUT2D eigenvalue weighted by Gasteiger charge is -2.63. The first-order chi connectivity index (χ1) is 26.7. The Morgan fingerprint density at radius 1 is 1.02 bits per heavy atom. The summed E-state index contributed by atoms with van der Waals surface area (Å²) in [7, 11) is 4.96. The van der Waals surface area contributed by atoms with Crippen LogP contribution in [0.15, 0.2) is 48.6 Å². The first kappa shape index (κ1) is 37.7. The number of benzene rings is 2. The third kappa shape index (κ3) is 4.83. The van der Waals surface area contributed by atoms with E-state index in [1.165, 1.54) is 30.7 Å². The quantitative estimate of drug-likeness (QED) is 0.237. The van der Waals surface area contributed by atoms with Crippen LogP contribution in [0.4, 0.5) is 5.69 Å². The van der Waals surface area contributed by atoms with Crippen molar-refractivity contribution in [3.8, 4) is 5.75 Å². The Labute approximate surface area is 329 Å². The maximum atomic E-state index is 14.3. The Bertz CT molecular complexity index is 2130. The summed E-state index contributed by atoms with van der Waals surface area (Å²) in [5.41, 5.74) is 1.41. The number of fused-ring (bicyclic) bond motifs is 6. The van der Waals surface area contributed by atoms with Gasteiger partial charge in [-0.25, -0.2) is 4.79 Å². The highest BCUT2D eigenvalue weighted by atomic mass is 16.6. The summed E-state index contributed by atoms with van der Waals surface area (Å²) in [6.45, 7) is 11.8. The van der Waals surface area contributed by atoms with Crippen LogP contribution in [-0.2, 0) is 36.3 Å². The van der Waals surface area contributed by atoms with E-state index in [1.54, 1.807) is 7.11 Å². The number of aliphatic hydroxyl groups is 2. The molecule has 2 aromatic carbocycles. The van der Waals surface area contributed by atoms with Gasteiger partial charge in [-0.2, -0.15) is 0 Å². The molecule has 3 fully saturated rings. The second-order valence-electron chi connectivity index (χ2n) is 18.1. The maximum Gasteiger partial charge on any atom is 0.344 e. The Hall–Kier alpha value is -3.90. The SMILES string of the molecule is CCC1(O)CC2CN(CCc3c([nH]c4ccccc34)[C@@](C)(c3cc4c(cc3OC)N(C)[C@H]3[C@@](O)(C(=O)OC)[C@H](OC(C)=O)[C@]5(CC)C=CCN6CC[C@]43[C@@H]65)C2)C1. The molecule has 56 heavy (non-hydrogen) atoms. The topological polar surface area (TPSA) is 128 Å². The van der Waals surface area contributed by atoms with Crippen molar-refractivity contribution in [3.05, 3.63) is 70.9 Å². The van der Waals surface area contributed by atoms with Gasteiger partial charge in [0.05, 0.1) is 25.9 Å². The van der Waals surface area contributed by atoms with Crippen LogP contribution in [0.3, 0.4) is 0 Å². The van der Waals surface area contributed by atoms with Gasteiger partial charge in [0.2, 0.25) is 5.60 Å². The summed E-state index contributed by atoms with van der Waals surface area (Å²) in [4.78, 5) is 38.2. The fourth-order valence-electron chi connectivity index (χ4n) is 13.4. The largest absolute Gasteiger partial charge is 0.496 e. The van der Waals surface area contributed by atoms with Crippen LogP contribution in [0.5, 0.6) is 5.75 Å². The van der Waals surface area contributed by atoms with E-state index in [0.717, 1.165) is 73.5 Å². The number of carbonyl (C=O) groups is 2. The molecule has 6 heterocycles. The van der Waals surface area contributed by atoms with E-state index in [0.29, 0.717) is 25.8 Å². The molecule has 0 amide bonds. The lowest BCUT2D eigenvalue weighted by Crippen LogP contribution is -2.81. The zero-order chi connectivity index (χ0) is 39.6. The molecule has 1 spiro atoms. The van der Waals surface area contributed by atoms with Gasteiger partial charge in [0.1, 0.15) is 5.75 Å². The molecule has 300 valence electrons. The van der Waals surface area contributed by atoms with Crippen molar-refractivity contribution in [2.75, 3.05) is 58.9 Å². The first-order valence-corrected chi connectivity index (χ1v) is 20.6. The van der Waals surface area contributed by atoms with E-state index in [-0.39, 0.29) is 12.0 Å². The van der Waals surface area contributed by atoms with Crippen LogP contribution in [0, 0.1) is 11.3 Å². The molecule has 3 N–H and O–H groups in total. The Morgan fingerprint density at radius 2 is 1.80 bits per heavy atom. The molecule has 1 aromatic heterocycles. The third-order valence-electron chi connectivity index (χ3n) is 15.4. The van der Waals surface area contributed by atoms with Gasteiger partial charge in [-0.3, -0.25) is 14.6 Å². The van der Waals surface area contributed by atoms with Crippen molar-refractivity contribution in [2.45, 2.75) is 106 Å². The van der Waals surface area contributed by atoms with Crippen molar-refractivity contribution in [2.24, 2.45) is 11.3 Å². The van der Waals surface area contributed by atoms with Crippen LogP contribution in [0.1, 0.15) is 82.2 Å². The van der Waals surface area contributed by atoms with Gasteiger partial charge >= 0.3 is 11.9 Å². The van der Waals surface area contributed by atoms with Gasteiger partial charge in [0.15, 0.2) is 6.10 Å². The zero-order valence-corrected chi connectivity index (χ0v) is 34.0. The number of aromatic amines is 1. The van der Waals surface area contributed by atoms with Gasteiger partial charge in [-0.15, -0.1) is 0 Å². The lowest BCUT2D eigenvalue weighted by molar-refractivity contribution is -0.228. The predicted octanol–water partition coefficient (Wildman–Crippen LogP) is 4.84. The second kappa shape index (κ2) is 12.8. The minimum Gasteiger partial charge on any atom is -0.496 e. The van der Waals surface area contributed by atoms with Crippen LogP contribution in [0.2, 0.25) is 0 Å². The Balaban J connectivity index is 1.32. The summed E-state index contributed by atoms with van der Waals surface area (Å²) in [6, 6.07) is 12.0. The Morgan fingerprint density at radius 3 is 2.52 bits per heavy atom. The number of likely N-dealkylation sites (N-methyl/N-ethyl adjacent to an activating group) is 1. The predicted molar refractivity (Wildman–Crippen MR) is 214 cm³/mol. The Kier molecular flexibility index (Phi) is 8.61. The molecule has 1 saturated carbocycles. The number of methoxy groups -OCH3 is 2. The molecule has 3 aromatic rings. The molecule has 2 saturated heterocycles. The van der Waals surface area contributed by atoms with Crippen LogP contribution < -0.4 is 9.64 Å². The molecule has 2 bridgehead atoms. The van der Waals surface area contributed by atoms with E-state index < -0.39 is 51.5 Å². The number of rotatable bonds is 6. The number of nitrogens with zero attached hydrogens (tertiary/aromatic N) is 3. The number of hydrogen-bond donors (Lipinski definition) is 3. The molecule has 9 rings (SSSR count). The number of nitrogens with one attached hydrogen (secondary N) is 1. The van der Waals surface area contributed by atoms with Crippen LogP contribution >= 0.6 is 0 Å². The first-order valence-electron chi connectivity index (χ1n) is 20.6. The number of anilines is 1. The molecule has 6 aliphatic rings. The minimum atomic E-state index is -2.20. The van der Waals surface area contributed by atoms with Crippen molar-refractivity contribution < 1.29 is 34.0 Å². The van der Waals surface area contributed by atoms with Gasteiger partial charge in [-0.05, 0) is 81.2 Å². The molecular weight excluding hydrogens is 709 g/mol. The summed E-state index contributed by atoms with van der Waals surface area (Å²) in [5.74, 6) is -0.417. The maximum absolute atomic E-state index is 14.3. The highest BCUT2D eigenvalue weighted by Gasteiger charge is 2.80. The highest BCUT2D eigenvalue weighted by Crippen LogP contribution is 2.68. The monoisotopic (exact) mass is 766 g/mol. The number of piperidine rings is 1. The van der Waals surface area contributed by atoms with E-state index in [1.807, 2.05) is 11.9 Å². The van der Waals surface area contributed by atoms with Gasteiger partial charge in [0.25, 0.3) is 0 Å². The fraction of sp³-hybridized carbons (Fsp3) is 0.600. The van der Waals surface area contributed by atoms with Crippen molar-refractivity contribution >= 4 is 28.5 Å². The van der Waals surface area contributed by atoms with Crippen molar-refractivity contribution in [1.82, 2.24) is 14.8 Å². The molecule has 1 aliphatic carbocycles. The zero-order valence-electron chi connectivity index (χ0n) is 34.0. The molecular formula is C45H58N4O7. The fourth-order valence-corrected chi connectivity index (χ4v) is 13.4. The number of aromatic nitrogens is 1. The molecule has 5 aliphatic heterocycles. The summed E-state index contributed by atoms with van der Waals surface area (Å²) in [5, 5.41) is 26.4. The highest BCUT2D eigenvalue weighted by molar-refractivity contribution is 5.88. The number of hydrogen-bond acceptors (Lipinski definition) is 10. The number of para-hydroxylation sites is 1. The second-order valence-corrected chi connectivity index (χ2v) is 18.1. The summed E-state index contributed by atoms with van der Waals surface area (Å²) < 4.78 is 18.1. The molecule has 3 unspecified atom stereocenters.